The lowest BCUT2D eigenvalue weighted by molar-refractivity contribution is 0.0987. The van der Waals surface area contributed by atoms with Gasteiger partial charge in [-0.05, 0) is 66.8 Å². The van der Waals surface area contributed by atoms with Gasteiger partial charge in [0, 0.05) is 23.1 Å². The van der Waals surface area contributed by atoms with E-state index >= 15 is 0 Å². The first-order valence-electron chi connectivity index (χ1n) is 11.9. The summed E-state index contributed by atoms with van der Waals surface area (Å²) in [7, 11) is -3.61. The van der Waals surface area contributed by atoms with Crippen LogP contribution in [-0.4, -0.2) is 42.9 Å². The van der Waals surface area contributed by atoms with Crippen LogP contribution in [0, 0.1) is 5.92 Å². The van der Waals surface area contributed by atoms with Crippen LogP contribution in [0.1, 0.15) is 35.7 Å². The highest BCUT2D eigenvalue weighted by atomic mass is 79.9. The van der Waals surface area contributed by atoms with E-state index in [1.165, 1.54) is 44.9 Å². The Balaban J connectivity index is 1.46. The number of fused-ring (bicyclic) bond motifs is 1. The lowest BCUT2D eigenvalue weighted by Gasteiger charge is -2.30. The van der Waals surface area contributed by atoms with E-state index in [0.717, 1.165) is 33.1 Å². The molecule has 1 aliphatic heterocycles. The maximum Gasteiger partial charge on any atom is 0.280 e. The van der Waals surface area contributed by atoms with Crippen LogP contribution >= 0.6 is 27.3 Å². The molecule has 0 aliphatic carbocycles. The largest absolute Gasteiger partial charge is 0.280 e. The van der Waals surface area contributed by atoms with Crippen LogP contribution in [0.4, 0.5) is 5.13 Å². The minimum atomic E-state index is -3.61. The summed E-state index contributed by atoms with van der Waals surface area (Å²) in [4.78, 5) is 18.4. The molecule has 1 atom stereocenters. The van der Waals surface area contributed by atoms with E-state index in [0.29, 0.717) is 29.7 Å². The molecule has 3 aromatic carbocycles. The van der Waals surface area contributed by atoms with Crippen molar-refractivity contribution in [3.05, 3.63) is 88.4 Å². The number of carbonyl (C=O) groups excluding carboxylic acids is 1. The van der Waals surface area contributed by atoms with Gasteiger partial charge < -0.3 is 0 Å². The van der Waals surface area contributed by atoms with Crippen LogP contribution in [0.5, 0.6) is 0 Å². The molecule has 1 unspecified atom stereocenters. The number of benzene rings is 3. The number of hydrazone groups is 1. The molecule has 0 radical (unpaired) electrons. The van der Waals surface area contributed by atoms with Gasteiger partial charge in [0.2, 0.25) is 15.2 Å². The first kappa shape index (κ1) is 25.7. The van der Waals surface area contributed by atoms with Crippen LogP contribution in [0.25, 0.3) is 10.2 Å². The Hall–Kier alpha value is -2.92. The highest BCUT2D eigenvalue weighted by molar-refractivity contribution is 9.10. The number of rotatable bonds is 6. The number of hydrogen-bond donors (Lipinski definition) is 0. The van der Waals surface area contributed by atoms with Crippen molar-refractivity contribution in [2.24, 2.45) is 11.0 Å². The van der Waals surface area contributed by atoms with Gasteiger partial charge in [-0.2, -0.15) is 14.4 Å². The fourth-order valence-electron chi connectivity index (χ4n) is 4.23. The summed E-state index contributed by atoms with van der Waals surface area (Å²) in [6.07, 6.45) is 3.49. The number of anilines is 1. The van der Waals surface area contributed by atoms with Crippen molar-refractivity contribution in [1.82, 2.24) is 9.29 Å². The Bertz CT molecular complexity index is 1550. The maximum atomic E-state index is 13.6. The van der Waals surface area contributed by atoms with Crippen molar-refractivity contribution in [3.63, 3.8) is 0 Å². The first-order valence-corrected chi connectivity index (χ1v) is 15.0. The normalized spacial score (nSPS) is 16.9. The Kier molecular flexibility index (Phi) is 7.52. The second-order valence-electron chi connectivity index (χ2n) is 9.02. The van der Waals surface area contributed by atoms with Crippen molar-refractivity contribution in [2.45, 2.75) is 24.7 Å². The van der Waals surface area contributed by atoms with Gasteiger partial charge in [-0.15, -0.1) is 0 Å². The summed E-state index contributed by atoms with van der Waals surface area (Å²) in [5.41, 5.74) is 1.91. The summed E-state index contributed by atoms with van der Waals surface area (Å²) in [6, 6.07) is 21.3. The Morgan fingerprint density at radius 2 is 1.89 bits per heavy atom. The monoisotopic (exact) mass is 596 g/mol. The zero-order chi connectivity index (χ0) is 26.0. The van der Waals surface area contributed by atoms with Gasteiger partial charge >= 0.3 is 0 Å². The van der Waals surface area contributed by atoms with Crippen LogP contribution in [-0.2, 0) is 10.0 Å². The molecule has 4 aromatic rings. The van der Waals surface area contributed by atoms with E-state index < -0.39 is 15.9 Å². The van der Waals surface area contributed by atoms with Crippen molar-refractivity contribution < 1.29 is 13.2 Å². The molecule has 2 heterocycles. The number of halogens is 1. The minimum absolute atomic E-state index is 0.183. The predicted octanol–water partition coefficient (Wildman–Crippen LogP) is 6.16. The molecule has 1 aliphatic rings. The molecule has 1 amide bonds. The second kappa shape index (κ2) is 10.8. The quantitative estimate of drug-likeness (QED) is 0.197. The van der Waals surface area contributed by atoms with E-state index in [1.807, 2.05) is 48.5 Å². The first-order chi connectivity index (χ1) is 17.8. The summed E-state index contributed by atoms with van der Waals surface area (Å²) < 4.78 is 29.7. The third-order valence-electron chi connectivity index (χ3n) is 6.19. The number of carbonyl (C=O) groups is 1. The standard InChI is InChI=1S/C27H25BrN4O3S2/c1-19-6-5-15-31(18-19)37(34,35)23-12-9-21(10-13-23)26(33)32(29-17-20-7-3-2-4-8-20)27-30-24-14-11-22(28)16-25(24)36-27/h2-4,7-14,16-17,19H,5-6,15,18H2,1H3/b29-17+. The topological polar surface area (TPSA) is 82.9 Å². The van der Waals surface area contributed by atoms with Gasteiger partial charge in [0.05, 0.1) is 21.3 Å². The summed E-state index contributed by atoms with van der Waals surface area (Å²) >= 11 is 4.83. The molecular weight excluding hydrogens is 572 g/mol. The van der Waals surface area contributed by atoms with E-state index in [9.17, 15) is 13.2 Å². The lowest BCUT2D eigenvalue weighted by Crippen LogP contribution is -2.39. The zero-order valence-corrected chi connectivity index (χ0v) is 23.3. The fourth-order valence-corrected chi connectivity index (χ4v) is 7.31. The van der Waals surface area contributed by atoms with Gasteiger partial charge in [0.25, 0.3) is 5.91 Å². The average Bonchev–Trinajstić information content (AvgIpc) is 3.32. The van der Waals surface area contributed by atoms with Crippen LogP contribution in [0.2, 0.25) is 0 Å². The van der Waals surface area contributed by atoms with Gasteiger partial charge in [-0.1, -0.05) is 64.5 Å². The highest BCUT2D eigenvalue weighted by Gasteiger charge is 2.29. The van der Waals surface area contributed by atoms with Crippen LogP contribution in [0.15, 0.2) is 87.3 Å². The maximum absolute atomic E-state index is 13.6. The third kappa shape index (κ3) is 5.67. The Labute approximate surface area is 228 Å². The van der Waals surface area contributed by atoms with Gasteiger partial charge in [0.1, 0.15) is 0 Å². The summed E-state index contributed by atoms with van der Waals surface area (Å²) in [5.74, 6) is -0.0734. The zero-order valence-electron chi connectivity index (χ0n) is 20.1. The molecule has 10 heteroatoms. The molecule has 0 N–H and O–H groups in total. The average molecular weight is 598 g/mol. The predicted molar refractivity (Wildman–Crippen MR) is 152 cm³/mol. The third-order valence-corrected chi connectivity index (χ3v) is 9.56. The number of amides is 1. The van der Waals surface area contributed by atoms with Gasteiger partial charge in [0.15, 0.2) is 0 Å². The molecule has 7 nitrogen and oxygen atoms in total. The molecule has 190 valence electrons. The molecule has 37 heavy (non-hydrogen) atoms. The van der Waals surface area contributed by atoms with Crippen molar-refractivity contribution in [3.8, 4) is 0 Å². The molecule has 1 saturated heterocycles. The van der Waals surface area contributed by atoms with Crippen molar-refractivity contribution in [2.75, 3.05) is 18.1 Å². The Morgan fingerprint density at radius 1 is 1.14 bits per heavy atom. The molecule has 1 fully saturated rings. The number of thiazole rings is 1. The van der Waals surface area contributed by atoms with E-state index in [4.69, 9.17) is 0 Å². The van der Waals surface area contributed by atoms with Crippen molar-refractivity contribution >= 4 is 64.8 Å². The number of aromatic nitrogens is 1. The lowest BCUT2D eigenvalue weighted by atomic mass is 10.0. The molecular formula is C27H25BrN4O3S2. The molecule has 0 bridgehead atoms. The number of nitrogens with zero attached hydrogens (tertiary/aromatic N) is 4. The fraction of sp³-hybridized carbons (Fsp3) is 0.222. The number of sulfonamides is 1. The van der Waals surface area contributed by atoms with E-state index in [-0.39, 0.29) is 4.90 Å². The SMILES string of the molecule is CC1CCCN(S(=O)(=O)c2ccc(C(=O)N(/N=C/c3ccccc3)c3nc4ccc(Br)cc4s3)cc2)C1. The van der Waals surface area contributed by atoms with Gasteiger partial charge in [-0.3, -0.25) is 4.79 Å². The summed E-state index contributed by atoms with van der Waals surface area (Å²) in [6.45, 7) is 3.09. The van der Waals surface area contributed by atoms with Crippen molar-refractivity contribution in [1.29, 1.82) is 0 Å². The summed E-state index contributed by atoms with van der Waals surface area (Å²) in [5, 5.41) is 6.17. The smallest absolute Gasteiger partial charge is 0.267 e. The second-order valence-corrected chi connectivity index (χ2v) is 12.9. The molecule has 0 spiro atoms. The molecule has 5 rings (SSSR count). The van der Waals surface area contributed by atoms with Crippen LogP contribution < -0.4 is 5.01 Å². The number of piperidine rings is 1. The number of hydrogen-bond acceptors (Lipinski definition) is 6. The minimum Gasteiger partial charge on any atom is -0.267 e. The van der Waals surface area contributed by atoms with Crippen LogP contribution in [0.3, 0.4) is 0 Å². The Morgan fingerprint density at radius 3 is 2.62 bits per heavy atom. The molecule has 1 aromatic heterocycles. The van der Waals surface area contributed by atoms with E-state index in [2.05, 4.69) is 32.9 Å². The van der Waals surface area contributed by atoms with E-state index in [1.54, 1.807) is 6.21 Å². The highest BCUT2D eigenvalue weighted by Crippen LogP contribution is 2.32. The van der Waals surface area contributed by atoms with Gasteiger partial charge in [-0.25, -0.2) is 13.4 Å². The molecule has 0 saturated carbocycles.